The Bertz CT molecular complexity index is 340. The Labute approximate surface area is 100.0 Å². The summed E-state index contributed by atoms with van der Waals surface area (Å²) in [5.74, 6) is -1.31. The van der Waals surface area contributed by atoms with Gasteiger partial charge < -0.3 is 9.47 Å². The van der Waals surface area contributed by atoms with E-state index in [-0.39, 0.29) is 5.70 Å². The molecule has 0 saturated heterocycles. The zero-order chi connectivity index (χ0) is 13.6. The van der Waals surface area contributed by atoms with E-state index in [2.05, 4.69) is 16.6 Å². The van der Waals surface area contributed by atoms with Crippen molar-refractivity contribution in [2.45, 2.75) is 32.8 Å². The second-order valence-electron chi connectivity index (χ2n) is 4.28. The topological polar surface area (TPSA) is 81.7 Å². The number of alkyl carbamates (subject to hydrolysis) is 1. The van der Waals surface area contributed by atoms with Crippen LogP contribution in [0.2, 0.25) is 0 Å². The van der Waals surface area contributed by atoms with Gasteiger partial charge in [-0.15, -0.1) is 0 Å². The van der Waals surface area contributed by atoms with Crippen molar-refractivity contribution in [2.24, 2.45) is 0 Å². The molecule has 0 aliphatic carbocycles. The maximum absolute atomic E-state index is 11.3. The summed E-state index contributed by atoms with van der Waals surface area (Å²) in [5.41, 5.74) is -0.875. The Morgan fingerprint density at radius 1 is 1.24 bits per heavy atom. The number of methoxy groups -OCH3 is 1. The minimum atomic E-state index is -0.791. The number of carbonyl (C=O) groups is 3. The summed E-state index contributed by atoms with van der Waals surface area (Å²) in [7, 11) is 1.17. The van der Waals surface area contributed by atoms with Gasteiger partial charge in [-0.1, -0.05) is 6.58 Å². The van der Waals surface area contributed by atoms with Crippen molar-refractivity contribution in [1.82, 2.24) is 5.32 Å². The number of hydrogen-bond acceptors (Lipinski definition) is 5. The second-order valence-corrected chi connectivity index (χ2v) is 4.28. The molecule has 0 fully saturated rings. The molecule has 0 bridgehead atoms. The molecule has 0 heterocycles. The molecular formula is C11H17NO5. The molecule has 0 spiro atoms. The maximum Gasteiger partial charge on any atom is 0.412 e. The van der Waals surface area contributed by atoms with Gasteiger partial charge in [0.2, 0.25) is 0 Å². The molecule has 0 aliphatic rings. The summed E-state index contributed by atoms with van der Waals surface area (Å²) in [6.07, 6.45) is -1.26. The Morgan fingerprint density at radius 2 is 1.76 bits per heavy atom. The molecule has 0 aromatic rings. The van der Waals surface area contributed by atoms with Gasteiger partial charge in [0.15, 0.2) is 5.78 Å². The average molecular weight is 243 g/mol. The van der Waals surface area contributed by atoms with Crippen LogP contribution in [0.1, 0.15) is 27.2 Å². The minimum absolute atomic E-state index is 0.204. The normalized spacial score (nSPS) is 10.4. The van der Waals surface area contributed by atoms with Crippen molar-refractivity contribution in [2.75, 3.05) is 7.11 Å². The van der Waals surface area contributed by atoms with Crippen LogP contribution in [0.4, 0.5) is 4.79 Å². The molecule has 0 aliphatic heterocycles. The molecule has 0 radical (unpaired) electrons. The van der Waals surface area contributed by atoms with Crippen molar-refractivity contribution in [1.29, 1.82) is 0 Å². The summed E-state index contributed by atoms with van der Waals surface area (Å²) in [4.78, 5) is 33.4. The van der Waals surface area contributed by atoms with Crippen LogP contribution >= 0.6 is 0 Å². The lowest BCUT2D eigenvalue weighted by Gasteiger charge is -2.19. The number of esters is 1. The predicted octanol–water partition coefficient (Wildman–Crippen LogP) is 1.16. The van der Waals surface area contributed by atoms with Gasteiger partial charge in [-0.3, -0.25) is 14.9 Å². The highest BCUT2D eigenvalue weighted by Crippen LogP contribution is 2.07. The summed E-state index contributed by atoms with van der Waals surface area (Å²) >= 11 is 0. The van der Waals surface area contributed by atoms with E-state index in [1.165, 1.54) is 7.11 Å². The zero-order valence-corrected chi connectivity index (χ0v) is 10.5. The summed E-state index contributed by atoms with van der Waals surface area (Å²) in [6, 6.07) is 0. The quantitative estimate of drug-likeness (QED) is 0.455. The fraction of sp³-hybridized carbons (Fsp3) is 0.545. The first-order valence-electron chi connectivity index (χ1n) is 4.94. The van der Waals surface area contributed by atoms with Crippen LogP contribution in [-0.4, -0.2) is 30.6 Å². The fourth-order valence-corrected chi connectivity index (χ4v) is 0.806. The number of nitrogens with one attached hydrogen (secondary N) is 1. The number of rotatable bonds is 4. The summed E-state index contributed by atoms with van der Waals surface area (Å²) in [5, 5.41) is 2.15. The number of ether oxygens (including phenoxy) is 2. The summed E-state index contributed by atoms with van der Waals surface area (Å²) in [6.45, 7) is 8.40. The highest BCUT2D eigenvalue weighted by Gasteiger charge is 2.19. The molecule has 0 rings (SSSR count). The Kier molecular flexibility index (Phi) is 5.37. The lowest BCUT2D eigenvalue weighted by molar-refractivity contribution is -0.142. The molecule has 6 heteroatoms. The van der Waals surface area contributed by atoms with Crippen LogP contribution in [0.25, 0.3) is 0 Å². The number of allylic oxidation sites excluding steroid dienone is 1. The molecule has 0 aromatic heterocycles. The smallest absolute Gasteiger partial charge is 0.412 e. The predicted molar refractivity (Wildman–Crippen MR) is 60.1 cm³/mol. The highest BCUT2D eigenvalue weighted by atomic mass is 16.6. The monoisotopic (exact) mass is 243 g/mol. The van der Waals surface area contributed by atoms with Crippen LogP contribution in [0.5, 0.6) is 0 Å². The first-order valence-corrected chi connectivity index (χ1v) is 4.94. The largest absolute Gasteiger partial charge is 0.469 e. The summed E-state index contributed by atoms with van der Waals surface area (Å²) < 4.78 is 9.22. The van der Waals surface area contributed by atoms with E-state index in [0.29, 0.717) is 0 Å². The maximum atomic E-state index is 11.3. The SMILES string of the molecule is C=C(NC(=O)OC(C)(C)C)C(=O)CC(=O)OC. The standard InChI is InChI=1S/C11H17NO5/c1-7(8(13)6-9(14)16-5)12-10(15)17-11(2,3)4/h1,6H2,2-5H3,(H,12,15). The van der Waals surface area contributed by atoms with Crippen LogP contribution < -0.4 is 5.32 Å². The van der Waals surface area contributed by atoms with Gasteiger partial charge in [0.25, 0.3) is 0 Å². The van der Waals surface area contributed by atoms with Gasteiger partial charge in [-0.05, 0) is 20.8 Å². The molecule has 0 unspecified atom stereocenters. The van der Waals surface area contributed by atoms with Gasteiger partial charge >= 0.3 is 12.1 Å². The third-order valence-electron chi connectivity index (χ3n) is 1.52. The fourth-order valence-electron chi connectivity index (χ4n) is 0.806. The number of carbonyl (C=O) groups excluding carboxylic acids is 3. The van der Waals surface area contributed by atoms with E-state index >= 15 is 0 Å². The lowest BCUT2D eigenvalue weighted by Crippen LogP contribution is -2.34. The van der Waals surface area contributed by atoms with Crippen molar-refractivity contribution in [3.8, 4) is 0 Å². The molecule has 6 nitrogen and oxygen atoms in total. The third kappa shape index (κ3) is 7.10. The number of ketones is 1. The van der Waals surface area contributed by atoms with Gasteiger partial charge in [-0.2, -0.15) is 0 Å². The van der Waals surface area contributed by atoms with E-state index in [9.17, 15) is 14.4 Å². The molecule has 0 saturated carbocycles. The average Bonchev–Trinajstić information content (AvgIpc) is 2.14. The van der Waals surface area contributed by atoms with Crippen molar-refractivity contribution in [3.63, 3.8) is 0 Å². The van der Waals surface area contributed by atoms with E-state index in [0.717, 1.165) is 0 Å². The van der Waals surface area contributed by atoms with Gasteiger partial charge in [0.05, 0.1) is 12.8 Å². The van der Waals surface area contributed by atoms with E-state index in [4.69, 9.17) is 4.74 Å². The zero-order valence-electron chi connectivity index (χ0n) is 10.5. The minimum Gasteiger partial charge on any atom is -0.469 e. The van der Waals surface area contributed by atoms with Crippen LogP contribution in [-0.2, 0) is 19.1 Å². The number of Topliss-reactive ketones (excluding diaryl/α,β-unsaturated/α-hetero) is 1. The van der Waals surface area contributed by atoms with Crippen molar-refractivity contribution in [3.05, 3.63) is 12.3 Å². The Morgan fingerprint density at radius 3 is 2.18 bits per heavy atom. The van der Waals surface area contributed by atoms with Crippen LogP contribution in [0, 0.1) is 0 Å². The lowest BCUT2D eigenvalue weighted by atomic mass is 10.2. The molecule has 17 heavy (non-hydrogen) atoms. The first kappa shape index (κ1) is 15.2. The number of hydrogen-bond donors (Lipinski definition) is 1. The van der Waals surface area contributed by atoms with Crippen LogP contribution in [0.3, 0.4) is 0 Å². The molecular weight excluding hydrogens is 226 g/mol. The van der Waals surface area contributed by atoms with Crippen LogP contribution in [0.15, 0.2) is 12.3 Å². The van der Waals surface area contributed by atoms with Gasteiger partial charge in [0, 0.05) is 0 Å². The molecule has 0 aromatic carbocycles. The van der Waals surface area contributed by atoms with E-state index < -0.39 is 29.9 Å². The molecule has 96 valence electrons. The Hall–Kier alpha value is -1.85. The van der Waals surface area contributed by atoms with E-state index in [1.54, 1.807) is 20.8 Å². The Balaban J connectivity index is 4.22. The van der Waals surface area contributed by atoms with Gasteiger partial charge in [0.1, 0.15) is 12.0 Å². The van der Waals surface area contributed by atoms with Crippen molar-refractivity contribution >= 4 is 17.8 Å². The van der Waals surface area contributed by atoms with Crippen molar-refractivity contribution < 1.29 is 23.9 Å². The first-order chi connectivity index (χ1) is 7.65. The number of amides is 1. The third-order valence-corrected chi connectivity index (χ3v) is 1.52. The van der Waals surface area contributed by atoms with E-state index in [1.807, 2.05) is 0 Å². The molecule has 1 amide bonds. The second kappa shape index (κ2) is 6.03. The highest BCUT2D eigenvalue weighted by molar-refractivity contribution is 6.06. The molecule has 1 N–H and O–H groups in total. The van der Waals surface area contributed by atoms with Gasteiger partial charge in [-0.25, -0.2) is 4.79 Å². The molecule has 0 atom stereocenters.